The van der Waals surface area contributed by atoms with Gasteiger partial charge in [-0.25, -0.2) is 14.4 Å². The van der Waals surface area contributed by atoms with Gasteiger partial charge in [0.2, 0.25) is 5.95 Å². The summed E-state index contributed by atoms with van der Waals surface area (Å²) in [6, 6.07) is 15.1. The van der Waals surface area contributed by atoms with Crippen LogP contribution < -0.4 is 10.6 Å². The van der Waals surface area contributed by atoms with E-state index in [1.807, 2.05) is 6.07 Å². The number of nitrogens with one attached hydrogen (secondary N) is 2. The quantitative estimate of drug-likeness (QED) is 0.704. The third kappa shape index (κ3) is 5.09. The number of nitrogens with zero attached hydrogens (tertiary/aromatic N) is 3. The second-order valence-corrected chi connectivity index (χ2v) is 5.74. The molecule has 0 aliphatic heterocycles. The number of rotatable bonds is 6. The molecular weight excluding hydrogens is 345 g/mol. The highest BCUT2D eigenvalue weighted by Gasteiger charge is 2.07. The minimum atomic E-state index is -0.283. The summed E-state index contributed by atoms with van der Waals surface area (Å²) < 4.78 is 12.9. The molecule has 7 heteroatoms. The average Bonchev–Trinajstić information content (AvgIpc) is 2.70. The van der Waals surface area contributed by atoms with Gasteiger partial charge < -0.3 is 10.6 Å². The van der Waals surface area contributed by atoms with Gasteiger partial charge in [0, 0.05) is 24.6 Å². The molecule has 0 spiro atoms. The van der Waals surface area contributed by atoms with Crippen molar-refractivity contribution in [2.24, 2.45) is 0 Å². The zero-order valence-corrected chi connectivity index (χ0v) is 14.3. The molecule has 0 aliphatic rings. The number of hydrogen-bond acceptors (Lipinski definition) is 5. The van der Waals surface area contributed by atoms with Gasteiger partial charge in [-0.2, -0.15) is 5.26 Å². The summed E-state index contributed by atoms with van der Waals surface area (Å²) in [6.45, 7) is 0.426. The van der Waals surface area contributed by atoms with Crippen LogP contribution in [0.25, 0.3) is 0 Å². The van der Waals surface area contributed by atoms with E-state index in [1.54, 1.807) is 36.4 Å². The molecule has 2 N–H and O–H groups in total. The Morgan fingerprint density at radius 2 is 1.70 bits per heavy atom. The predicted octanol–water partition coefficient (Wildman–Crippen LogP) is 3.20. The molecule has 1 aromatic heterocycles. The van der Waals surface area contributed by atoms with Gasteiger partial charge in [0.05, 0.1) is 17.2 Å². The van der Waals surface area contributed by atoms with E-state index in [0.717, 1.165) is 11.3 Å². The van der Waals surface area contributed by atoms with E-state index in [4.69, 9.17) is 5.26 Å². The molecule has 3 rings (SSSR count). The molecule has 0 saturated carbocycles. The molecule has 0 radical (unpaired) electrons. The molecule has 2 aromatic carbocycles. The van der Waals surface area contributed by atoms with Crippen LogP contribution >= 0.6 is 0 Å². The molecular formula is C20H16FN5O. The highest BCUT2D eigenvalue weighted by Crippen LogP contribution is 2.13. The molecule has 27 heavy (non-hydrogen) atoms. The van der Waals surface area contributed by atoms with Crippen LogP contribution in [0.2, 0.25) is 0 Å². The summed E-state index contributed by atoms with van der Waals surface area (Å²) in [6.07, 6.45) is 3.48. The third-order valence-electron chi connectivity index (χ3n) is 3.80. The van der Waals surface area contributed by atoms with Gasteiger partial charge in [-0.1, -0.05) is 12.1 Å². The summed E-state index contributed by atoms with van der Waals surface area (Å²) in [7, 11) is 0. The third-order valence-corrected chi connectivity index (χ3v) is 3.80. The fourth-order valence-electron chi connectivity index (χ4n) is 2.34. The van der Waals surface area contributed by atoms with Crippen molar-refractivity contribution in [3.05, 3.63) is 83.4 Å². The number of carbonyl (C=O) groups is 1. The molecule has 0 bridgehead atoms. The molecule has 0 fully saturated rings. The van der Waals surface area contributed by atoms with E-state index in [-0.39, 0.29) is 11.7 Å². The summed E-state index contributed by atoms with van der Waals surface area (Å²) in [4.78, 5) is 20.4. The van der Waals surface area contributed by atoms with Crippen molar-refractivity contribution in [2.45, 2.75) is 6.42 Å². The molecule has 6 nitrogen and oxygen atoms in total. The minimum Gasteiger partial charge on any atom is -0.352 e. The zero-order chi connectivity index (χ0) is 19.1. The normalized spacial score (nSPS) is 10.1. The van der Waals surface area contributed by atoms with E-state index >= 15 is 0 Å². The molecule has 0 unspecified atom stereocenters. The Morgan fingerprint density at radius 3 is 2.33 bits per heavy atom. The van der Waals surface area contributed by atoms with Crippen LogP contribution in [0.5, 0.6) is 0 Å². The highest BCUT2D eigenvalue weighted by atomic mass is 19.1. The Bertz CT molecular complexity index is 948. The number of anilines is 2. The number of halogens is 1. The second kappa shape index (κ2) is 8.54. The van der Waals surface area contributed by atoms with Crippen molar-refractivity contribution in [1.29, 1.82) is 5.26 Å². The van der Waals surface area contributed by atoms with Crippen molar-refractivity contribution in [3.8, 4) is 6.07 Å². The first kappa shape index (κ1) is 18.0. The predicted molar refractivity (Wildman–Crippen MR) is 98.9 cm³/mol. The molecule has 0 aliphatic carbocycles. The lowest BCUT2D eigenvalue weighted by molar-refractivity contribution is 0.0953. The second-order valence-electron chi connectivity index (χ2n) is 5.74. The Morgan fingerprint density at radius 1 is 1.04 bits per heavy atom. The first-order valence-electron chi connectivity index (χ1n) is 8.26. The van der Waals surface area contributed by atoms with Crippen LogP contribution in [-0.4, -0.2) is 22.4 Å². The standard InChI is InChI=1S/C20H16FN5O/c21-17-5-1-14(2-6-17)9-10-23-19(27)16-12-24-20(25-13-16)26-18-7-3-15(11-22)4-8-18/h1-8,12-13H,9-10H2,(H,23,27)(H,24,25,26). The molecule has 1 heterocycles. The Kier molecular flexibility index (Phi) is 5.70. The Labute approximate surface area is 155 Å². The fourth-order valence-corrected chi connectivity index (χ4v) is 2.34. The maximum atomic E-state index is 12.9. The van der Waals surface area contributed by atoms with E-state index < -0.39 is 0 Å². The number of hydrogen-bond donors (Lipinski definition) is 2. The molecule has 0 atom stereocenters. The van der Waals surface area contributed by atoms with Crippen LogP contribution in [0.4, 0.5) is 16.0 Å². The van der Waals surface area contributed by atoms with E-state index in [0.29, 0.717) is 30.0 Å². The highest BCUT2D eigenvalue weighted by molar-refractivity contribution is 5.93. The van der Waals surface area contributed by atoms with E-state index in [9.17, 15) is 9.18 Å². The van der Waals surface area contributed by atoms with Gasteiger partial charge in [0.25, 0.3) is 5.91 Å². The first-order valence-corrected chi connectivity index (χ1v) is 8.26. The summed E-state index contributed by atoms with van der Waals surface area (Å²) >= 11 is 0. The monoisotopic (exact) mass is 361 g/mol. The lowest BCUT2D eigenvalue weighted by Gasteiger charge is -2.07. The number of carbonyl (C=O) groups excluding carboxylic acids is 1. The lowest BCUT2D eigenvalue weighted by Crippen LogP contribution is -2.26. The van der Waals surface area contributed by atoms with Crippen LogP contribution in [0.1, 0.15) is 21.5 Å². The van der Waals surface area contributed by atoms with Crippen molar-refractivity contribution in [3.63, 3.8) is 0 Å². The number of benzene rings is 2. The molecule has 134 valence electrons. The Balaban J connectivity index is 1.52. The average molecular weight is 361 g/mol. The van der Waals surface area contributed by atoms with Crippen LogP contribution in [0, 0.1) is 17.1 Å². The van der Waals surface area contributed by atoms with Crippen LogP contribution in [-0.2, 0) is 6.42 Å². The van der Waals surface area contributed by atoms with Gasteiger partial charge in [-0.3, -0.25) is 4.79 Å². The van der Waals surface area contributed by atoms with Crippen molar-refractivity contribution in [1.82, 2.24) is 15.3 Å². The SMILES string of the molecule is N#Cc1ccc(Nc2ncc(C(=O)NCCc3ccc(F)cc3)cn2)cc1. The number of aromatic nitrogens is 2. The lowest BCUT2D eigenvalue weighted by atomic mass is 10.1. The maximum Gasteiger partial charge on any atom is 0.254 e. The fraction of sp³-hybridized carbons (Fsp3) is 0.100. The van der Waals surface area contributed by atoms with E-state index in [2.05, 4.69) is 20.6 Å². The zero-order valence-electron chi connectivity index (χ0n) is 14.3. The van der Waals surface area contributed by atoms with Crippen molar-refractivity contribution in [2.75, 3.05) is 11.9 Å². The van der Waals surface area contributed by atoms with Gasteiger partial charge in [-0.05, 0) is 48.4 Å². The van der Waals surface area contributed by atoms with Gasteiger partial charge >= 0.3 is 0 Å². The summed E-state index contributed by atoms with van der Waals surface area (Å²) in [5, 5.41) is 14.6. The molecule has 3 aromatic rings. The van der Waals surface area contributed by atoms with Crippen molar-refractivity contribution >= 4 is 17.5 Å². The summed E-state index contributed by atoms with van der Waals surface area (Å²) in [5.74, 6) is -0.209. The Hall–Kier alpha value is -3.79. The van der Waals surface area contributed by atoms with Gasteiger partial charge in [0.15, 0.2) is 0 Å². The topological polar surface area (TPSA) is 90.7 Å². The van der Waals surface area contributed by atoms with Crippen LogP contribution in [0.3, 0.4) is 0 Å². The minimum absolute atomic E-state index is 0.276. The first-order chi connectivity index (χ1) is 13.1. The maximum absolute atomic E-state index is 12.9. The smallest absolute Gasteiger partial charge is 0.254 e. The summed E-state index contributed by atoms with van der Waals surface area (Å²) in [5.41, 5.74) is 2.59. The number of amides is 1. The number of nitriles is 1. The molecule has 1 amide bonds. The van der Waals surface area contributed by atoms with Gasteiger partial charge in [-0.15, -0.1) is 0 Å². The van der Waals surface area contributed by atoms with Crippen molar-refractivity contribution < 1.29 is 9.18 Å². The largest absolute Gasteiger partial charge is 0.352 e. The van der Waals surface area contributed by atoms with Gasteiger partial charge in [0.1, 0.15) is 5.82 Å². The van der Waals surface area contributed by atoms with E-state index in [1.165, 1.54) is 24.5 Å². The molecule has 0 saturated heterocycles. The van der Waals surface area contributed by atoms with Crippen LogP contribution in [0.15, 0.2) is 60.9 Å².